The summed E-state index contributed by atoms with van der Waals surface area (Å²) in [6, 6.07) is -0.369. The van der Waals surface area contributed by atoms with E-state index in [2.05, 4.69) is 13.8 Å². The molecule has 0 unspecified atom stereocenters. The molecule has 1 aliphatic heterocycles. The van der Waals surface area contributed by atoms with Crippen molar-refractivity contribution in [3.8, 4) is 0 Å². The molecule has 2 amide bonds. The molecule has 11 heavy (non-hydrogen) atoms. The molecule has 1 aliphatic rings. The Balaban J connectivity index is 2.44. The van der Waals surface area contributed by atoms with E-state index in [0.717, 1.165) is 0 Å². The summed E-state index contributed by atoms with van der Waals surface area (Å²) in [5.41, 5.74) is 10.8. The quantitative estimate of drug-likeness (QED) is 0.550. The molecule has 0 aromatic rings. The highest BCUT2D eigenvalue weighted by Crippen LogP contribution is 2.25. The highest BCUT2D eigenvalue weighted by atomic mass is 16.2. The van der Waals surface area contributed by atoms with Gasteiger partial charge in [-0.15, -0.1) is 0 Å². The maximum atomic E-state index is 10.6. The Hall–Kier alpha value is -0.770. The van der Waals surface area contributed by atoms with Gasteiger partial charge in [0.15, 0.2) is 0 Å². The van der Waals surface area contributed by atoms with E-state index in [0.29, 0.717) is 19.0 Å². The first-order valence-electron chi connectivity index (χ1n) is 3.79. The number of amides is 2. The van der Waals surface area contributed by atoms with E-state index in [4.69, 9.17) is 11.5 Å². The summed E-state index contributed by atoms with van der Waals surface area (Å²) in [4.78, 5) is 12.1. The molecule has 0 radical (unpaired) electrons. The van der Waals surface area contributed by atoms with E-state index in [-0.39, 0.29) is 11.6 Å². The van der Waals surface area contributed by atoms with Gasteiger partial charge in [-0.1, -0.05) is 13.8 Å². The Morgan fingerprint density at radius 2 is 2.00 bits per heavy atom. The van der Waals surface area contributed by atoms with E-state index >= 15 is 0 Å². The van der Waals surface area contributed by atoms with Crippen molar-refractivity contribution in [2.24, 2.45) is 17.4 Å². The molecule has 0 atom stereocenters. The molecular formula is C7H15N3O. The van der Waals surface area contributed by atoms with E-state index < -0.39 is 0 Å². The largest absolute Gasteiger partial charge is 0.351 e. The molecule has 0 aromatic heterocycles. The molecule has 4 nitrogen and oxygen atoms in total. The zero-order chi connectivity index (χ0) is 8.65. The Labute approximate surface area is 66.5 Å². The van der Waals surface area contributed by atoms with Crippen molar-refractivity contribution in [1.29, 1.82) is 0 Å². The van der Waals surface area contributed by atoms with Gasteiger partial charge in [0.2, 0.25) is 0 Å². The van der Waals surface area contributed by atoms with Gasteiger partial charge in [0.05, 0.1) is 5.54 Å². The van der Waals surface area contributed by atoms with Crippen LogP contribution in [0, 0.1) is 5.92 Å². The average Bonchev–Trinajstić information content (AvgIpc) is 1.79. The van der Waals surface area contributed by atoms with Crippen LogP contribution in [-0.4, -0.2) is 29.6 Å². The van der Waals surface area contributed by atoms with Crippen molar-refractivity contribution in [2.45, 2.75) is 19.4 Å². The van der Waals surface area contributed by atoms with Crippen molar-refractivity contribution < 1.29 is 4.79 Å². The third-order valence-corrected chi connectivity index (χ3v) is 2.43. The molecule has 0 aromatic carbocycles. The number of hydrogen-bond donors (Lipinski definition) is 2. The van der Waals surface area contributed by atoms with Crippen molar-refractivity contribution in [3.63, 3.8) is 0 Å². The summed E-state index contributed by atoms with van der Waals surface area (Å²) >= 11 is 0. The summed E-state index contributed by atoms with van der Waals surface area (Å²) < 4.78 is 0. The van der Waals surface area contributed by atoms with E-state index in [1.807, 2.05) is 0 Å². The van der Waals surface area contributed by atoms with Crippen molar-refractivity contribution >= 4 is 6.03 Å². The van der Waals surface area contributed by atoms with Crippen LogP contribution in [0.2, 0.25) is 0 Å². The molecule has 0 spiro atoms. The van der Waals surface area contributed by atoms with Crippen LogP contribution < -0.4 is 11.5 Å². The molecule has 1 rings (SSSR count). The summed E-state index contributed by atoms with van der Waals surface area (Å²) in [5, 5.41) is 0. The topological polar surface area (TPSA) is 72.3 Å². The van der Waals surface area contributed by atoms with Crippen molar-refractivity contribution in [1.82, 2.24) is 4.90 Å². The van der Waals surface area contributed by atoms with Gasteiger partial charge in [-0.2, -0.15) is 0 Å². The van der Waals surface area contributed by atoms with Crippen LogP contribution in [0.1, 0.15) is 13.8 Å². The number of nitrogens with zero attached hydrogens (tertiary/aromatic N) is 1. The number of likely N-dealkylation sites (tertiary alicyclic amines) is 1. The minimum atomic E-state index is -0.369. The fourth-order valence-corrected chi connectivity index (χ4v) is 1.19. The van der Waals surface area contributed by atoms with E-state index in [1.165, 1.54) is 0 Å². The highest BCUT2D eigenvalue weighted by molar-refractivity contribution is 5.73. The Kier molecular flexibility index (Phi) is 1.80. The fourth-order valence-electron chi connectivity index (χ4n) is 1.19. The monoisotopic (exact) mass is 157 g/mol. The molecule has 4 heteroatoms. The van der Waals surface area contributed by atoms with Crippen LogP contribution in [0.5, 0.6) is 0 Å². The molecule has 4 N–H and O–H groups in total. The minimum absolute atomic E-state index is 0.199. The van der Waals surface area contributed by atoms with E-state index in [1.54, 1.807) is 4.90 Å². The maximum Gasteiger partial charge on any atom is 0.314 e. The SMILES string of the molecule is CC(C)C1(N)CN(C(N)=O)C1. The molecule has 1 heterocycles. The molecule has 1 saturated heterocycles. The number of nitrogens with two attached hydrogens (primary N) is 2. The van der Waals surface area contributed by atoms with Crippen LogP contribution in [0.15, 0.2) is 0 Å². The van der Waals surface area contributed by atoms with E-state index in [9.17, 15) is 4.79 Å². The third kappa shape index (κ3) is 1.30. The first kappa shape index (κ1) is 8.33. The average molecular weight is 157 g/mol. The lowest BCUT2D eigenvalue weighted by Gasteiger charge is -2.49. The van der Waals surface area contributed by atoms with Gasteiger partial charge >= 0.3 is 6.03 Å². The molecule has 0 aliphatic carbocycles. The first-order valence-corrected chi connectivity index (χ1v) is 3.79. The Morgan fingerprint density at radius 3 is 2.27 bits per heavy atom. The van der Waals surface area contributed by atoms with Gasteiger partial charge in [-0.05, 0) is 5.92 Å². The van der Waals surface area contributed by atoms with Gasteiger partial charge in [0, 0.05) is 13.1 Å². The third-order valence-electron chi connectivity index (χ3n) is 2.43. The minimum Gasteiger partial charge on any atom is -0.351 e. The van der Waals surface area contributed by atoms with Crippen LogP contribution in [0.3, 0.4) is 0 Å². The number of carbonyl (C=O) groups is 1. The lowest BCUT2D eigenvalue weighted by atomic mass is 9.80. The van der Waals surface area contributed by atoms with Crippen molar-refractivity contribution in [2.75, 3.05) is 13.1 Å². The predicted octanol–water partition coefficient (Wildman–Crippen LogP) is -0.266. The van der Waals surface area contributed by atoms with Gasteiger partial charge in [-0.25, -0.2) is 4.79 Å². The normalized spacial score (nSPS) is 21.6. The fraction of sp³-hybridized carbons (Fsp3) is 0.857. The highest BCUT2D eigenvalue weighted by Gasteiger charge is 2.43. The summed E-state index contributed by atoms with van der Waals surface area (Å²) in [5.74, 6) is 0.401. The Bertz CT molecular complexity index is 173. The summed E-state index contributed by atoms with van der Waals surface area (Å²) in [6.07, 6.45) is 0. The number of primary amides is 1. The number of hydrogen-bond acceptors (Lipinski definition) is 2. The molecule has 0 saturated carbocycles. The van der Waals surface area contributed by atoms with Gasteiger partial charge in [0.25, 0.3) is 0 Å². The first-order chi connectivity index (χ1) is 4.96. The maximum absolute atomic E-state index is 10.6. The summed E-state index contributed by atoms with van der Waals surface area (Å²) in [6.45, 7) is 5.30. The number of carbonyl (C=O) groups excluding carboxylic acids is 1. The lowest BCUT2D eigenvalue weighted by Crippen LogP contribution is -2.71. The number of rotatable bonds is 1. The molecule has 0 bridgehead atoms. The van der Waals surface area contributed by atoms with Crippen LogP contribution in [-0.2, 0) is 0 Å². The molecule has 1 fully saturated rings. The molecule has 64 valence electrons. The van der Waals surface area contributed by atoms with Crippen LogP contribution >= 0.6 is 0 Å². The second-order valence-corrected chi connectivity index (χ2v) is 3.58. The van der Waals surface area contributed by atoms with Gasteiger partial charge in [-0.3, -0.25) is 0 Å². The Morgan fingerprint density at radius 1 is 1.55 bits per heavy atom. The molecular weight excluding hydrogens is 142 g/mol. The lowest BCUT2D eigenvalue weighted by molar-refractivity contribution is 0.0700. The second-order valence-electron chi connectivity index (χ2n) is 3.58. The van der Waals surface area contributed by atoms with Gasteiger partial charge in [0.1, 0.15) is 0 Å². The smallest absolute Gasteiger partial charge is 0.314 e. The zero-order valence-corrected chi connectivity index (χ0v) is 7.00. The van der Waals surface area contributed by atoms with Crippen LogP contribution in [0.25, 0.3) is 0 Å². The standard InChI is InChI=1S/C7H15N3O/c1-5(2)7(9)3-10(4-7)6(8)11/h5H,3-4,9H2,1-2H3,(H2,8,11). The number of urea groups is 1. The van der Waals surface area contributed by atoms with Crippen molar-refractivity contribution in [3.05, 3.63) is 0 Å². The zero-order valence-electron chi connectivity index (χ0n) is 7.00. The summed E-state index contributed by atoms with van der Waals surface area (Å²) in [7, 11) is 0. The predicted molar refractivity (Wildman–Crippen MR) is 42.9 cm³/mol. The van der Waals surface area contributed by atoms with Crippen LogP contribution in [0.4, 0.5) is 4.79 Å². The second kappa shape index (κ2) is 2.37. The van der Waals surface area contributed by atoms with Gasteiger partial charge < -0.3 is 16.4 Å².